The molecule has 2 aromatic carbocycles. The molecule has 1 aliphatic rings. The highest BCUT2D eigenvalue weighted by Gasteiger charge is 2.24. The molecular formula is C23H21ClN6O. The van der Waals surface area contributed by atoms with Gasteiger partial charge in [0.2, 0.25) is 0 Å². The first kappa shape index (κ1) is 20.7. The molecule has 1 aromatic heterocycles. The summed E-state index contributed by atoms with van der Waals surface area (Å²) in [7, 11) is 1.57. The van der Waals surface area contributed by atoms with Crippen LogP contribution in [0.4, 0.5) is 11.5 Å². The Morgan fingerprint density at radius 2 is 1.97 bits per heavy atom. The van der Waals surface area contributed by atoms with Crippen LogP contribution >= 0.6 is 11.6 Å². The van der Waals surface area contributed by atoms with E-state index in [0.717, 1.165) is 48.1 Å². The highest BCUT2D eigenvalue weighted by Crippen LogP contribution is 2.35. The number of ether oxygens (including phenoxy) is 1. The number of nitrogen functional groups attached to an aromatic ring is 1. The van der Waals surface area contributed by atoms with E-state index in [0.29, 0.717) is 34.1 Å². The average molecular weight is 433 g/mol. The first-order chi connectivity index (χ1) is 15.0. The third kappa shape index (κ3) is 3.93. The summed E-state index contributed by atoms with van der Waals surface area (Å²) in [4.78, 5) is 2.14. The van der Waals surface area contributed by atoms with Gasteiger partial charge in [0.25, 0.3) is 0 Å². The van der Waals surface area contributed by atoms with Gasteiger partial charge in [0.05, 0.1) is 35.1 Å². The van der Waals surface area contributed by atoms with Crippen molar-refractivity contribution >= 4 is 33.9 Å². The number of nitrogens with zero attached hydrogens (tertiary/aromatic N) is 5. The maximum atomic E-state index is 9.49. The third-order valence-electron chi connectivity index (χ3n) is 5.73. The van der Waals surface area contributed by atoms with Crippen LogP contribution < -0.4 is 15.4 Å². The molecule has 0 bridgehead atoms. The highest BCUT2D eigenvalue weighted by molar-refractivity contribution is 6.32. The van der Waals surface area contributed by atoms with Crippen LogP contribution in [0, 0.1) is 28.6 Å². The fourth-order valence-corrected chi connectivity index (χ4v) is 4.30. The van der Waals surface area contributed by atoms with Gasteiger partial charge >= 0.3 is 0 Å². The number of nitrogens with two attached hydrogens (primary N) is 1. The summed E-state index contributed by atoms with van der Waals surface area (Å²) in [5.74, 6) is 1.41. The molecule has 1 saturated heterocycles. The summed E-state index contributed by atoms with van der Waals surface area (Å²) in [6, 6.07) is 13.7. The third-order valence-corrected chi connectivity index (χ3v) is 6.02. The van der Waals surface area contributed by atoms with Crippen molar-refractivity contribution in [3.63, 3.8) is 0 Å². The Bertz CT molecular complexity index is 1220. The summed E-state index contributed by atoms with van der Waals surface area (Å²) in [5, 5.41) is 29.8. The minimum Gasteiger partial charge on any atom is -0.495 e. The maximum absolute atomic E-state index is 9.49. The fraction of sp³-hybridized carbons (Fsp3) is 0.304. The molecule has 2 heterocycles. The van der Waals surface area contributed by atoms with E-state index in [-0.39, 0.29) is 5.92 Å². The van der Waals surface area contributed by atoms with Crippen LogP contribution in [-0.4, -0.2) is 30.4 Å². The number of halogens is 1. The Balaban J connectivity index is 1.79. The van der Waals surface area contributed by atoms with Crippen molar-refractivity contribution in [1.29, 1.82) is 10.5 Å². The molecule has 2 N–H and O–H groups in total. The molecule has 1 fully saturated rings. The fourth-order valence-electron chi connectivity index (χ4n) is 4.02. The van der Waals surface area contributed by atoms with Crippen molar-refractivity contribution in [3.8, 4) is 17.9 Å². The second-order valence-electron chi connectivity index (χ2n) is 7.57. The van der Waals surface area contributed by atoms with E-state index in [1.807, 2.05) is 24.3 Å². The molecule has 156 valence electrons. The van der Waals surface area contributed by atoms with Crippen LogP contribution in [0.5, 0.6) is 5.75 Å². The van der Waals surface area contributed by atoms with Crippen LogP contribution in [0.1, 0.15) is 29.7 Å². The molecule has 0 amide bonds. The van der Waals surface area contributed by atoms with Crippen molar-refractivity contribution < 1.29 is 4.74 Å². The Hall–Kier alpha value is -3.55. The van der Waals surface area contributed by atoms with Gasteiger partial charge in [-0.1, -0.05) is 17.7 Å². The second kappa shape index (κ2) is 8.67. The molecule has 7 nitrogen and oxygen atoms in total. The normalized spacial score (nSPS) is 14.3. The summed E-state index contributed by atoms with van der Waals surface area (Å²) in [5.41, 5.74) is 8.83. The Kier molecular flexibility index (Phi) is 5.79. The van der Waals surface area contributed by atoms with Crippen molar-refractivity contribution in [3.05, 3.63) is 52.2 Å². The predicted molar refractivity (Wildman–Crippen MR) is 120 cm³/mol. The number of hydrogen-bond acceptors (Lipinski definition) is 7. The molecule has 0 radical (unpaired) electrons. The van der Waals surface area contributed by atoms with Gasteiger partial charge in [0.1, 0.15) is 11.8 Å². The van der Waals surface area contributed by atoms with E-state index in [1.54, 1.807) is 13.2 Å². The molecule has 0 aliphatic carbocycles. The van der Waals surface area contributed by atoms with Crippen molar-refractivity contribution in [2.45, 2.75) is 19.3 Å². The molecule has 4 rings (SSSR count). The first-order valence-electron chi connectivity index (χ1n) is 10.0. The minimum absolute atomic E-state index is 0.0739. The number of nitriles is 2. The van der Waals surface area contributed by atoms with E-state index in [2.05, 4.69) is 27.2 Å². The van der Waals surface area contributed by atoms with Crippen molar-refractivity contribution in [1.82, 2.24) is 10.2 Å². The molecule has 0 unspecified atom stereocenters. The summed E-state index contributed by atoms with van der Waals surface area (Å²) < 4.78 is 5.23. The number of fused-ring (bicyclic) bond motifs is 1. The van der Waals surface area contributed by atoms with Crippen LogP contribution in [0.3, 0.4) is 0 Å². The average Bonchev–Trinajstić information content (AvgIpc) is 2.79. The number of aromatic nitrogens is 2. The van der Waals surface area contributed by atoms with Gasteiger partial charge in [-0.3, -0.25) is 0 Å². The zero-order valence-electron chi connectivity index (χ0n) is 17.1. The second-order valence-corrected chi connectivity index (χ2v) is 7.97. The maximum Gasteiger partial charge on any atom is 0.159 e. The van der Waals surface area contributed by atoms with E-state index in [4.69, 9.17) is 22.1 Å². The molecule has 31 heavy (non-hydrogen) atoms. The van der Waals surface area contributed by atoms with Crippen molar-refractivity contribution in [2.24, 2.45) is 5.92 Å². The monoisotopic (exact) mass is 432 g/mol. The first-order valence-corrected chi connectivity index (χ1v) is 10.4. The van der Waals surface area contributed by atoms with Gasteiger partial charge < -0.3 is 15.4 Å². The highest BCUT2D eigenvalue weighted by atomic mass is 35.5. The molecule has 0 saturated carbocycles. The van der Waals surface area contributed by atoms with Crippen LogP contribution in [0.25, 0.3) is 10.8 Å². The van der Waals surface area contributed by atoms with Gasteiger partial charge in [0.15, 0.2) is 5.82 Å². The van der Waals surface area contributed by atoms with Crippen molar-refractivity contribution in [2.75, 3.05) is 30.8 Å². The van der Waals surface area contributed by atoms with Gasteiger partial charge in [-0.15, -0.1) is 5.10 Å². The van der Waals surface area contributed by atoms with E-state index in [1.165, 1.54) is 0 Å². The standard InChI is InChI=1S/C23H21ClN6O/c1-31-20-5-2-15(10-18(20)24)11-19-21-17(4-3-16(13-26)22(21)27)23(29-28-19)30-8-6-14(12-25)7-9-30/h2-5,10,14H,6-9,11,27H2,1H3. The van der Waals surface area contributed by atoms with Gasteiger partial charge in [-0.05, 0) is 42.7 Å². The lowest BCUT2D eigenvalue weighted by molar-refractivity contribution is 0.415. The number of anilines is 2. The van der Waals surface area contributed by atoms with Crippen LogP contribution in [0.2, 0.25) is 5.02 Å². The predicted octanol–water partition coefficient (Wildman–Crippen LogP) is 4.08. The topological polar surface area (TPSA) is 112 Å². The number of benzene rings is 2. The number of rotatable bonds is 4. The quantitative estimate of drug-likeness (QED) is 0.618. The Morgan fingerprint density at radius 3 is 2.61 bits per heavy atom. The summed E-state index contributed by atoms with van der Waals surface area (Å²) in [6.45, 7) is 1.46. The minimum atomic E-state index is 0.0739. The van der Waals surface area contributed by atoms with Gasteiger partial charge in [-0.25, -0.2) is 0 Å². The lowest BCUT2D eigenvalue weighted by atomic mass is 9.97. The molecule has 1 aliphatic heterocycles. The molecule has 0 atom stereocenters. The summed E-state index contributed by atoms with van der Waals surface area (Å²) >= 11 is 6.29. The number of methoxy groups -OCH3 is 1. The lowest BCUT2D eigenvalue weighted by Crippen LogP contribution is -2.34. The van der Waals surface area contributed by atoms with E-state index in [9.17, 15) is 10.5 Å². The Labute approximate surface area is 185 Å². The molecule has 3 aromatic rings. The van der Waals surface area contributed by atoms with Gasteiger partial charge in [0, 0.05) is 36.2 Å². The zero-order valence-corrected chi connectivity index (χ0v) is 17.9. The number of piperidine rings is 1. The van der Waals surface area contributed by atoms with E-state index >= 15 is 0 Å². The van der Waals surface area contributed by atoms with E-state index < -0.39 is 0 Å². The molecule has 8 heteroatoms. The number of hydrogen-bond donors (Lipinski definition) is 1. The van der Waals surface area contributed by atoms with Crippen LogP contribution in [-0.2, 0) is 6.42 Å². The summed E-state index contributed by atoms with van der Waals surface area (Å²) in [6.07, 6.45) is 2.04. The Morgan fingerprint density at radius 1 is 1.19 bits per heavy atom. The molecular weight excluding hydrogens is 412 g/mol. The largest absolute Gasteiger partial charge is 0.495 e. The SMILES string of the molecule is COc1ccc(Cc2nnc(N3CCC(C#N)CC3)c3ccc(C#N)c(N)c23)cc1Cl. The molecule has 0 spiro atoms. The van der Waals surface area contributed by atoms with Gasteiger partial charge in [-0.2, -0.15) is 15.6 Å². The zero-order chi connectivity index (χ0) is 22.0. The lowest BCUT2D eigenvalue weighted by Gasteiger charge is -2.30. The van der Waals surface area contributed by atoms with Crippen LogP contribution in [0.15, 0.2) is 30.3 Å². The smallest absolute Gasteiger partial charge is 0.159 e.